The Kier molecular flexibility index (Phi) is 2.51. The van der Waals surface area contributed by atoms with Crippen molar-refractivity contribution < 1.29 is 13.9 Å². The predicted molar refractivity (Wildman–Crippen MR) is 30.3 cm³/mol. The molecule has 0 saturated heterocycles. The summed E-state index contributed by atoms with van der Waals surface area (Å²) in [5.74, 6) is 0. The van der Waals surface area contributed by atoms with Crippen LogP contribution < -0.4 is 5.73 Å². The first kappa shape index (κ1) is 8.78. The third-order valence-corrected chi connectivity index (χ3v) is 1.00. The van der Waals surface area contributed by atoms with Gasteiger partial charge in [0.05, 0.1) is 0 Å². The number of aliphatic hydroxyl groups excluding tert-OH is 1. The highest BCUT2D eigenvalue weighted by molar-refractivity contribution is 4.82. The number of hydrogen-bond donors (Lipinski definition) is 2. The van der Waals surface area contributed by atoms with Crippen LogP contribution >= 0.6 is 0 Å². The molecule has 3 N–H and O–H groups in total. The molecular weight excluding hydrogens is 128 g/mol. The van der Waals surface area contributed by atoms with Crippen LogP contribution in [0.15, 0.2) is 0 Å². The van der Waals surface area contributed by atoms with Gasteiger partial charge in [-0.15, -0.1) is 0 Å². The van der Waals surface area contributed by atoms with Gasteiger partial charge in [-0.05, 0) is 13.8 Å². The van der Waals surface area contributed by atoms with E-state index in [1.54, 1.807) is 0 Å². The molecule has 4 heteroatoms. The van der Waals surface area contributed by atoms with Gasteiger partial charge in [-0.1, -0.05) is 0 Å². The Morgan fingerprint density at radius 3 is 1.78 bits per heavy atom. The highest BCUT2D eigenvalue weighted by Crippen LogP contribution is 2.12. The van der Waals surface area contributed by atoms with Gasteiger partial charge in [-0.25, -0.2) is 8.78 Å². The largest absolute Gasteiger partial charge is 0.385 e. The highest BCUT2D eigenvalue weighted by atomic mass is 19.3. The van der Waals surface area contributed by atoms with Crippen molar-refractivity contribution in [3.63, 3.8) is 0 Å². The SMILES string of the molecule is CC(C)(N)C(O)C(F)F. The zero-order valence-corrected chi connectivity index (χ0v) is 5.44. The number of aliphatic hydroxyl groups is 1. The average molecular weight is 139 g/mol. The Morgan fingerprint density at radius 1 is 1.44 bits per heavy atom. The average Bonchev–Trinajstić information content (AvgIpc) is 1.62. The summed E-state index contributed by atoms with van der Waals surface area (Å²) in [6, 6.07) is 0. The molecule has 0 saturated carbocycles. The summed E-state index contributed by atoms with van der Waals surface area (Å²) in [6.45, 7) is 2.70. The highest BCUT2D eigenvalue weighted by Gasteiger charge is 2.30. The molecule has 0 fully saturated rings. The lowest BCUT2D eigenvalue weighted by Crippen LogP contribution is -2.48. The van der Waals surface area contributed by atoms with Crippen molar-refractivity contribution >= 4 is 0 Å². The molecule has 0 aliphatic rings. The first-order chi connectivity index (χ1) is 3.85. The normalized spacial score (nSPS) is 16.3. The Hall–Kier alpha value is -0.220. The number of nitrogens with two attached hydrogens (primary N) is 1. The monoisotopic (exact) mass is 139 g/mol. The van der Waals surface area contributed by atoms with E-state index in [-0.39, 0.29) is 0 Å². The third kappa shape index (κ3) is 2.72. The zero-order chi connectivity index (χ0) is 7.65. The van der Waals surface area contributed by atoms with Crippen molar-refractivity contribution in [2.24, 2.45) is 5.73 Å². The Labute approximate surface area is 52.7 Å². The molecule has 0 amide bonds. The minimum Gasteiger partial charge on any atom is -0.385 e. The van der Waals surface area contributed by atoms with Crippen LogP contribution in [0.25, 0.3) is 0 Å². The van der Waals surface area contributed by atoms with Crippen molar-refractivity contribution in [3.05, 3.63) is 0 Å². The summed E-state index contributed by atoms with van der Waals surface area (Å²) >= 11 is 0. The van der Waals surface area contributed by atoms with Crippen LogP contribution in [0.3, 0.4) is 0 Å². The Morgan fingerprint density at radius 2 is 1.78 bits per heavy atom. The quantitative estimate of drug-likeness (QED) is 0.579. The molecule has 1 atom stereocenters. The molecule has 0 spiro atoms. The summed E-state index contributed by atoms with van der Waals surface area (Å²) in [6.07, 6.45) is -4.50. The van der Waals surface area contributed by atoms with Gasteiger partial charge in [0.2, 0.25) is 0 Å². The van der Waals surface area contributed by atoms with E-state index in [2.05, 4.69) is 0 Å². The fourth-order valence-corrected chi connectivity index (χ4v) is 0.325. The topological polar surface area (TPSA) is 46.2 Å². The standard InChI is InChI=1S/C5H11F2NO/c1-5(2,8)3(9)4(6)7/h3-4,9H,8H2,1-2H3. The molecular formula is C5H11F2NO. The van der Waals surface area contributed by atoms with E-state index in [0.29, 0.717) is 0 Å². The van der Waals surface area contributed by atoms with Crippen molar-refractivity contribution in [1.82, 2.24) is 0 Å². The van der Waals surface area contributed by atoms with Crippen molar-refractivity contribution in [3.8, 4) is 0 Å². The van der Waals surface area contributed by atoms with Crippen LogP contribution in [0.4, 0.5) is 8.78 Å². The molecule has 2 nitrogen and oxygen atoms in total. The molecule has 0 aromatic carbocycles. The summed E-state index contributed by atoms with van der Waals surface area (Å²) in [4.78, 5) is 0. The van der Waals surface area contributed by atoms with Crippen LogP contribution in [-0.4, -0.2) is 23.2 Å². The second-order valence-corrected chi connectivity index (χ2v) is 2.60. The first-order valence-electron chi connectivity index (χ1n) is 2.61. The fraction of sp³-hybridized carbons (Fsp3) is 1.00. The third-order valence-electron chi connectivity index (χ3n) is 1.00. The van der Waals surface area contributed by atoms with Gasteiger partial charge in [0.1, 0.15) is 6.10 Å². The van der Waals surface area contributed by atoms with Crippen LogP contribution in [0.2, 0.25) is 0 Å². The molecule has 0 aliphatic heterocycles. The molecule has 0 bridgehead atoms. The molecule has 0 rings (SSSR count). The van der Waals surface area contributed by atoms with Gasteiger partial charge in [0.15, 0.2) is 0 Å². The van der Waals surface area contributed by atoms with E-state index >= 15 is 0 Å². The summed E-state index contributed by atoms with van der Waals surface area (Å²) in [5, 5.41) is 8.59. The van der Waals surface area contributed by atoms with E-state index in [9.17, 15) is 8.78 Å². The lowest BCUT2D eigenvalue weighted by molar-refractivity contribution is -0.0398. The second-order valence-electron chi connectivity index (χ2n) is 2.60. The van der Waals surface area contributed by atoms with Crippen molar-refractivity contribution in [2.75, 3.05) is 0 Å². The van der Waals surface area contributed by atoms with E-state index in [0.717, 1.165) is 0 Å². The molecule has 0 aliphatic carbocycles. The summed E-state index contributed by atoms with van der Waals surface area (Å²) < 4.78 is 23.2. The lowest BCUT2D eigenvalue weighted by Gasteiger charge is -2.24. The van der Waals surface area contributed by atoms with Crippen molar-refractivity contribution in [2.45, 2.75) is 31.9 Å². The minimum atomic E-state index is -2.76. The second kappa shape index (κ2) is 2.58. The van der Waals surface area contributed by atoms with E-state index in [1.807, 2.05) is 0 Å². The molecule has 9 heavy (non-hydrogen) atoms. The Balaban J connectivity index is 3.88. The minimum absolute atomic E-state index is 1.21. The van der Waals surface area contributed by atoms with Crippen LogP contribution in [-0.2, 0) is 0 Å². The Bertz CT molecular complexity index is 89.4. The smallest absolute Gasteiger partial charge is 0.265 e. The number of rotatable bonds is 2. The molecule has 0 aromatic heterocycles. The van der Waals surface area contributed by atoms with Gasteiger partial charge < -0.3 is 10.8 Å². The first-order valence-corrected chi connectivity index (χ1v) is 2.61. The summed E-state index contributed by atoms with van der Waals surface area (Å²) in [7, 11) is 0. The molecule has 1 unspecified atom stereocenters. The zero-order valence-electron chi connectivity index (χ0n) is 5.44. The molecule has 0 aromatic rings. The van der Waals surface area contributed by atoms with Crippen molar-refractivity contribution in [1.29, 1.82) is 0 Å². The van der Waals surface area contributed by atoms with Crippen LogP contribution in [0.5, 0.6) is 0 Å². The van der Waals surface area contributed by atoms with Gasteiger partial charge in [0.25, 0.3) is 6.43 Å². The van der Waals surface area contributed by atoms with Gasteiger partial charge in [-0.2, -0.15) is 0 Å². The number of halogens is 2. The maximum Gasteiger partial charge on any atom is 0.265 e. The summed E-state index contributed by atoms with van der Waals surface area (Å²) in [5.41, 5.74) is 3.94. The van der Waals surface area contributed by atoms with Gasteiger partial charge in [-0.3, -0.25) is 0 Å². The molecule has 56 valence electrons. The maximum absolute atomic E-state index is 11.6. The number of alkyl halides is 2. The van der Waals surface area contributed by atoms with Crippen LogP contribution in [0, 0.1) is 0 Å². The van der Waals surface area contributed by atoms with Gasteiger partial charge in [0, 0.05) is 5.54 Å². The fourth-order valence-electron chi connectivity index (χ4n) is 0.325. The molecule has 0 heterocycles. The van der Waals surface area contributed by atoms with Crippen LogP contribution in [0.1, 0.15) is 13.8 Å². The predicted octanol–water partition coefficient (Wildman–Crippen LogP) is 0.350. The number of hydrogen-bond acceptors (Lipinski definition) is 2. The van der Waals surface area contributed by atoms with Gasteiger partial charge >= 0.3 is 0 Å². The van der Waals surface area contributed by atoms with E-state index in [4.69, 9.17) is 10.8 Å². The van der Waals surface area contributed by atoms with E-state index < -0.39 is 18.1 Å². The maximum atomic E-state index is 11.6. The lowest BCUT2D eigenvalue weighted by atomic mass is 10.00. The molecule has 0 radical (unpaired) electrons. The van der Waals surface area contributed by atoms with E-state index in [1.165, 1.54) is 13.8 Å².